The van der Waals surface area contributed by atoms with E-state index in [0.717, 1.165) is 41.1 Å². The van der Waals surface area contributed by atoms with Crippen LogP contribution in [0.5, 0.6) is 0 Å². The van der Waals surface area contributed by atoms with E-state index in [1.54, 1.807) is 9.13 Å². The summed E-state index contributed by atoms with van der Waals surface area (Å²) in [5.74, 6) is 0.948. The van der Waals surface area contributed by atoms with Gasteiger partial charge >= 0.3 is 5.69 Å². The van der Waals surface area contributed by atoms with E-state index in [4.69, 9.17) is 14.5 Å². The Balaban J connectivity index is 1.50. The molecule has 3 aromatic heterocycles. The monoisotopic (exact) mass is 429 g/mol. The Morgan fingerprint density at radius 2 is 1.91 bits per heavy atom. The summed E-state index contributed by atoms with van der Waals surface area (Å²) < 4.78 is 14.8. The zero-order valence-electron chi connectivity index (χ0n) is 17.5. The second-order valence-electron chi connectivity index (χ2n) is 8.11. The number of benzene rings is 1. The molecule has 0 spiro atoms. The van der Waals surface area contributed by atoms with Gasteiger partial charge in [-0.3, -0.25) is 4.57 Å². The first-order valence-electron chi connectivity index (χ1n) is 10.9. The van der Waals surface area contributed by atoms with E-state index in [1.165, 1.54) is 5.56 Å². The molecule has 0 saturated carbocycles. The lowest BCUT2D eigenvalue weighted by atomic mass is 10.1. The predicted octanol–water partition coefficient (Wildman–Crippen LogP) is 2.63. The number of nitrogens with one attached hydrogen (secondary N) is 1. The molecule has 5 heterocycles. The van der Waals surface area contributed by atoms with Gasteiger partial charge in [-0.25, -0.2) is 19.3 Å². The second-order valence-corrected chi connectivity index (χ2v) is 8.11. The molecular weight excluding hydrogens is 406 g/mol. The maximum absolute atomic E-state index is 13.5. The molecule has 162 valence electrons. The van der Waals surface area contributed by atoms with Crippen LogP contribution in [0.1, 0.15) is 5.56 Å². The van der Waals surface area contributed by atoms with Crippen molar-refractivity contribution in [1.82, 2.24) is 19.1 Å². The highest BCUT2D eigenvalue weighted by Gasteiger charge is 2.22. The first-order valence-corrected chi connectivity index (χ1v) is 10.9. The van der Waals surface area contributed by atoms with Gasteiger partial charge in [-0.05, 0) is 36.2 Å². The van der Waals surface area contributed by atoms with E-state index < -0.39 is 0 Å². The molecule has 1 N–H and O–H groups in total. The standard InChI is InChI=1S/C24H23N5O3/c30-24-28(14-20-15-31-8-9-32-20)21-11-18(17-10-16-6-7-25-22(16)26-12-17)13-27-23(21)29(24)19-4-2-1-3-5-19/h1-5,10-13,20H,6-9,14-15H2,(H,25,26)/t20-/m0/s1. The summed E-state index contributed by atoms with van der Waals surface area (Å²) in [5.41, 5.74) is 5.16. The van der Waals surface area contributed by atoms with Crippen molar-refractivity contribution in [3.8, 4) is 16.8 Å². The van der Waals surface area contributed by atoms with Crippen molar-refractivity contribution in [1.29, 1.82) is 0 Å². The first-order chi connectivity index (χ1) is 15.8. The Hall–Kier alpha value is -3.49. The highest BCUT2D eigenvalue weighted by atomic mass is 16.6. The Morgan fingerprint density at radius 1 is 1.06 bits per heavy atom. The van der Waals surface area contributed by atoms with Gasteiger partial charge in [0.15, 0.2) is 5.65 Å². The fraction of sp³-hybridized carbons (Fsp3) is 0.292. The zero-order chi connectivity index (χ0) is 21.5. The molecule has 2 aliphatic heterocycles. The molecule has 32 heavy (non-hydrogen) atoms. The number of rotatable bonds is 4. The van der Waals surface area contributed by atoms with E-state index in [-0.39, 0.29) is 11.8 Å². The van der Waals surface area contributed by atoms with Crippen molar-refractivity contribution in [2.24, 2.45) is 0 Å². The molecule has 1 saturated heterocycles. The van der Waals surface area contributed by atoms with Gasteiger partial charge in [0.05, 0.1) is 43.7 Å². The number of ether oxygens (including phenoxy) is 2. The number of para-hydroxylation sites is 1. The number of pyridine rings is 2. The van der Waals surface area contributed by atoms with Crippen molar-refractivity contribution < 1.29 is 9.47 Å². The minimum absolute atomic E-state index is 0.138. The molecule has 0 bridgehead atoms. The van der Waals surface area contributed by atoms with E-state index in [1.807, 2.05) is 48.8 Å². The first kappa shape index (κ1) is 19.2. The van der Waals surface area contributed by atoms with E-state index >= 15 is 0 Å². The van der Waals surface area contributed by atoms with Crippen LogP contribution in [0.4, 0.5) is 5.82 Å². The highest BCUT2D eigenvalue weighted by Crippen LogP contribution is 2.28. The number of hydrogen-bond donors (Lipinski definition) is 1. The van der Waals surface area contributed by atoms with Crippen LogP contribution in [-0.2, 0) is 22.4 Å². The normalized spacial score (nSPS) is 17.9. The predicted molar refractivity (Wildman–Crippen MR) is 121 cm³/mol. The summed E-state index contributed by atoms with van der Waals surface area (Å²) in [5, 5.41) is 3.29. The minimum atomic E-state index is -0.173. The van der Waals surface area contributed by atoms with Crippen LogP contribution in [-0.4, -0.2) is 51.6 Å². The van der Waals surface area contributed by atoms with Crippen LogP contribution >= 0.6 is 0 Å². The average molecular weight is 429 g/mol. The molecule has 0 unspecified atom stereocenters. The number of aromatic nitrogens is 4. The van der Waals surface area contributed by atoms with Gasteiger partial charge in [-0.1, -0.05) is 18.2 Å². The molecule has 8 heteroatoms. The summed E-state index contributed by atoms with van der Waals surface area (Å²) in [6.45, 7) is 2.91. The SMILES string of the molecule is O=c1n(C[C@H]2COCCO2)c2cc(-c3cnc4c(c3)CCN4)cnc2n1-c1ccccc1. The topological polar surface area (TPSA) is 83.2 Å². The molecule has 1 fully saturated rings. The van der Waals surface area contributed by atoms with Gasteiger partial charge < -0.3 is 14.8 Å². The summed E-state index contributed by atoms with van der Waals surface area (Å²) in [7, 11) is 0. The van der Waals surface area contributed by atoms with E-state index in [0.29, 0.717) is 32.0 Å². The van der Waals surface area contributed by atoms with Crippen molar-refractivity contribution >= 4 is 17.0 Å². The lowest BCUT2D eigenvalue weighted by molar-refractivity contribution is -0.0935. The van der Waals surface area contributed by atoms with Gasteiger partial charge in [0, 0.05) is 30.1 Å². The molecule has 6 rings (SSSR count). The largest absolute Gasteiger partial charge is 0.376 e. The third-order valence-electron chi connectivity index (χ3n) is 6.04. The third kappa shape index (κ3) is 3.28. The number of anilines is 1. The van der Waals surface area contributed by atoms with Crippen LogP contribution in [0.25, 0.3) is 28.0 Å². The highest BCUT2D eigenvalue weighted by molar-refractivity contribution is 5.80. The quantitative estimate of drug-likeness (QED) is 0.537. The van der Waals surface area contributed by atoms with Crippen molar-refractivity contribution in [3.63, 3.8) is 0 Å². The molecule has 2 aliphatic rings. The van der Waals surface area contributed by atoms with Crippen molar-refractivity contribution in [3.05, 3.63) is 70.9 Å². The summed E-state index contributed by atoms with van der Waals surface area (Å²) in [6, 6.07) is 13.8. The molecule has 1 atom stereocenters. The molecule has 0 aliphatic carbocycles. The zero-order valence-corrected chi connectivity index (χ0v) is 17.5. The van der Waals surface area contributed by atoms with Gasteiger partial charge in [0.2, 0.25) is 0 Å². The van der Waals surface area contributed by atoms with Gasteiger partial charge in [0.1, 0.15) is 5.82 Å². The number of fused-ring (bicyclic) bond motifs is 2. The fourth-order valence-corrected chi connectivity index (χ4v) is 4.45. The fourth-order valence-electron chi connectivity index (χ4n) is 4.45. The number of imidazole rings is 1. The van der Waals surface area contributed by atoms with Crippen LogP contribution < -0.4 is 11.0 Å². The minimum Gasteiger partial charge on any atom is -0.376 e. The Morgan fingerprint density at radius 3 is 2.75 bits per heavy atom. The summed E-state index contributed by atoms with van der Waals surface area (Å²) in [6.07, 6.45) is 4.46. The smallest absolute Gasteiger partial charge is 0.335 e. The second kappa shape index (κ2) is 7.89. The Kier molecular flexibility index (Phi) is 4.74. The molecule has 1 aromatic carbocycles. The Labute approximate surface area is 184 Å². The van der Waals surface area contributed by atoms with Crippen LogP contribution in [0, 0.1) is 0 Å². The summed E-state index contributed by atoms with van der Waals surface area (Å²) >= 11 is 0. The number of hydrogen-bond acceptors (Lipinski definition) is 6. The maximum Gasteiger partial charge on any atom is 0.335 e. The number of nitrogens with zero attached hydrogens (tertiary/aromatic N) is 4. The maximum atomic E-state index is 13.5. The van der Waals surface area contributed by atoms with Crippen molar-refractivity contribution in [2.45, 2.75) is 19.1 Å². The summed E-state index contributed by atoms with van der Waals surface area (Å²) in [4.78, 5) is 22.8. The molecule has 0 amide bonds. The van der Waals surface area contributed by atoms with Crippen LogP contribution in [0.15, 0.2) is 59.7 Å². The third-order valence-corrected chi connectivity index (χ3v) is 6.04. The lowest BCUT2D eigenvalue weighted by Gasteiger charge is -2.23. The van der Waals surface area contributed by atoms with Gasteiger partial charge in [-0.2, -0.15) is 0 Å². The van der Waals surface area contributed by atoms with Crippen LogP contribution in [0.3, 0.4) is 0 Å². The van der Waals surface area contributed by atoms with Gasteiger partial charge in [0.25, 0.3) is 0 Å². The van der Waals surface area contributed by atoms with Crippen molar-refractivity contribution in [2.75, 3.05) is 31.7 Å². The van der Waals surface area contributed by atoms with Crippen LogP contribution in [0.2, 0.25) is 0 Å². The molecule has 4 aromatic rings. The molecule has 8 nitrogen and oxygen atoms in total. The van der Waals surface area contributed by atoms with Gasteiger partial charge in [-0.15, -0.1) is 0 Å². The average Bonchev–Trinajstić information content (AvgIpc) is 3.42. The molecule has 0 radical (unpaired) electrons. The molecular formula is C24H23N5O3. The Bertz CT molecular complexity index is 1340. The van der Waals surface area contributed by atoms with E-state index in [9.17, 15) is 4.79 Å². The van der Waals surface area contributed by atoms with E-state index in [2.05, 4.69) is 16.4 Å². The lowest BCUT2D eigenvalue weighted by Crippen LogP contribution is -2.35.